The summed E-state index contributed by atoms with van der Waals surface area (Å²) in [5.74, 6) is 0. The van der Waals surface area contributed by atoms with Gasteiger partial charge in [-0.15, -0.1) is 0 Å². The minimum absolute atomic E-state index is 0.0266. The Morgan fingerprint density at radius 2 is 1.90 bits per heavy atom. The summed E-state index contributed by atoms with van der Waals surface area (Å²) >= 11 is 0. The van der Waals surface area contributed by atoms with Gasteiger partial charge in [0.15, 0.2) is 0 Å². The Morgan fingerprint density at radius 1 is 1.24 bits per heavy atom. The van der Waals surface area contributed by atoms with Gasteiger partial charge in [0.25, 0.3) is 5.69 Å². The molecule has 21 heavy (non-hydrogen) atoms. The van der Waals surface area contributed by atoms with Gasteiger partial charge in [0.05, 0.1) is 23.7 Å². The summed E-state index contributed by atoms with van der Waals surface area (Å²) in [6.07, 6.45) is 1.96. The van der Waals surface area contributed by atoms with Crippen molar-refractivity contribution in [2.24, 2.45) is 5.73 Å². The second-order valence-corrected chi connectivity index (χ2v) is 4.89. The number of nitrogens with zero attached hydrogens (tertiary/aromatic N) is 1. The molecule has 118 valence electrons. The molecule has 0 aliphatic rings. The summed E-state index contributed by atoms with van der Waals surface area (Å²) in [4.78, 5) is 10.1. The fourth-order valence-corrected chi connectivity index (χ4v) is 2.04. The zero-order valence-electron chi connectivity index (χ0n) is 11.9. The van der Waals surface area contributed by atoms with E-state index in [9.17, 15) is 20.3 Å². The molecule has 7 nitrogen and oxygen atoms in total. The van der Waals surface area contributed by atoms with Crippen LogP contribution in [-0.2, 0) is 0 Å². The van der Waals surface area contributed by atoms with Gasteiger partial charge < -0.3 is 21.3 Å². The van der Waals surface area contributed by atoms with Crippen molar-refractivity contribution in [1.29, 1.82) is 0 Å². The normalized spacial score (nSPS) is 13.9. The highest BCUT2D eigenvalue weighted by Gasteiger charge is 2.20. The van der Waals surface area contributed by atoms with E-state index in [1.807, 2.05) is 0 Å². The van der Waals surface area contributed by atoms with Gasteiger partial charge in [-0.05, 0) is 43.6 Å². The molecule has 1 rings (SSSR count). The molecule has 1 aromatic carbocycles. The first kappa shape index (κ1) is 17.5. The molecule has 0 spiro atoms. The van der Waals surface area contributed by atoms with E-state index in [1.54, 1.807) is 0 Å². The topological polar surface area (TPSA) is 122 Å². The van der Waals surface area contributed by atoms with Crippen molar-refractivity contribution in [3.8, 4) is 0 Å². The van der Waals surface area contributed by atoms with Crippen LogP contribution < -0.4 is 11.1 Å². The molecule has 5 N–H and O–H groups in total. The SMILES string of the molecule is NCCCCCN[C@H](CO)[C@H](O)c1ccc([N+](=O)[O-])cc1. The molecular formula is C14H23N3O4. The van der Waals surface area contributed by atoms with E-state index in [4.69, 9.17) is 5.73 Å². The molecule has 0 radical (unpaired) electrons. The number of non-ortho nitro benzene ring substituents is 1. The highest BCUT2D eigenvalue weighted by atomic mass is 16.6. The molecule has 0 aliphatic heterocycles. The highest BCUT2D eigenvalue weighted by molar-refractivity contribution is 5.34. The molecule has 1 aromatic rings. The number of rotatable bonds is 10. The van der Waals surface area contributed by atoms with E-state index in [0.29, 0.717) is 18.7 Å². The number of aliphatic hydroxyl groups is 2. The maximum Gasteiger partial charge on any atom is 0.269 e. The number of unbranched alkanes of at least 4 members (excludes halogenated alkanes) is 2. The third kappa shape index (κ3) is 5.76. The van der Waals surface area contributed by atoms with E-state index in [2.05, 4.69) is 5.32 Å². The zero-order valence-corrected chi connectivity index (χ0v) is 11.9. The van der Waals surface area contributed by atoms with Gasteiger partial charge in [0.2, 0.25) is 0 Å². The smallest absolute Gasteiger partial charge is 0.269 e. The van der Waals surface area contributed by atoms with Crippen molar-refractivity contribution >= 4 is 5.69 Å². The molecule has 0 bridgehead atoms. The van der Waals surface area contributed by atoms with Crippen LogP contribution in [0.3, 0.4) is 0 Å². The Kier molecular flexibility index (Phi) is 7.84. The van der Waals surface area contributed by atoms with Crippen molar-refractivity contribution < 1.29 is 15.1 Å². The number of nitro groups is 1. The van der Waals surface area contributed by atoms with Crippen LogP contribution in [0.4, 0.5) is 5.69 Å². The number of hydrogen-bond donors (Lipinski definition) is 4. The largest absolute Gasteiger partial charge is 0.395 e. The van der Waals surface area contributed by atoms with Crippen LogP contribution >= 0.6 is 0 Å². The van der Waals surface area contributed by atoms with Crippen LogP contribution in [-0.4, -0.2) is 40.9 Å². The van der Waals surface area contributed by atoms with Gasteiger partial charge in [0.1, 0.15) is 0 Å². The number of benzene rings is 1. The molecule has 0 fully saturated rings. The molecular weight excluding hydrogens is 274 g/mol. The minimum atomic E-state index is -0.912. The number of hydrogen-bond acceptors (Lipinski definition) is 6. The van der Waals surface area contributed by atoms with E-state index < -0.39 is 17.1 Å². The van der Waals surface area contributed by atoms with Crippen molar-refractivity contribution in [3.05, 3.63) is 39.9 Å². The van der Waals surface area contributed by atoms with E-state index in [0.717, 1.165) is 19.3 Å². The molecule has 0 aromatic heterocycles. The molecule has 7 heteroatoms. The first-order chi connectivity index (χ1) is 10.1. The van der Waals surface area contributed by atoms with Gasteiger partial charge in [-0.2, -0.15) is 0 Å². The van der Waals surface area contributed by atoms with E-state index in [1.165, 1.54) is 24.3 Å². The average Bonchev–Trinajstić information content (AvgIpc) is 2.50. The Hall–Kier alpha value is -1.54. The lowest BCUT2D eigenvalue weighted by molar-refractivity contribution is -0.384. The Bertz CT molecular complexity index is 425. The lowest BCUT2D eigenvalue weighted by Crippen LogP contribution is -2.38. The molecule has 2 atom stereocenters. The van der Waals surface area contributed by atoms with Crippen LogP contribution in [0, 0.1) is 10.1 Å². The van der Waals surface area contributed by atoms with Gasteiger partial charge in [-0.25, -0.2) is 0 Å². The summed E-state index contributed by atoms with van der Waals surface area (Å²) in [5, 5.41) is 33.2. The van der Waals surface area contributed by atoms with Crippen molar-refractivity contribution in [2.75, 3.05) is 19.7 Å². The van der Waals surface area contributed by atoms with Crippen LogP contribution in [0.1, 0.15) is 30.9 Å². The fraction of sp³-hybridized carbons (Fsp3) is 0.571. The van der Waals surface area contributed by atoms with Gasteiger partial charge in [-0.1, -0.05) is 6.42 Å². The van der Waals surface area contributed by atoms with Crippen LogP contribution in [0.25, 0.3) is 0 Å². The van der Waals surface area contributed by atoms with Gasteiger partial charge in [0, 0.05) is 12.1 Å². The lowest BCUT2D eigenvalue weighted by atomic mass is 10.0. The summed E-state index contributed by atoms with van der Waals surface area (Å²) in [6.45, 7) is 1.12. The highest BCUT2D eigenvalue weighted by Crippen LogP contribution is 2.20. The summed E-state index contributed by atoms with van der Waals surface area (Å²) in [5.41, 5.74) is 5.92. The predicted octanol–water partition coefficient (Wildman–Crippen LogP) is 0.708. The number of nitro benzene ring substituents is 1. The Labute approximate surface area is 123 Å². The fourth-order valence-electron chi connectivity index (χ4n) is 2.04. The second kappa shape index (κ2) is 9.41. The molecule has 0 amide bonds. The lowest BCUT2D eigenvalue weighted by Gasteiger charge is -2.22. The molecule has 0 saturated heterocycles. The Morgan fingerprint density at radius 3 is 2.43 bits per heavy atom. The monoisotopic (exact) mass is 297 g/mol. The quantitative estimate of drug-likeness (QED) is 0.286. The standard InChI is InChI=1S/C14H23N3O4/c15-8-2-1-3-9-16-13(10-18)14(19)11-4-6-12(7-5-11)17(20)21/h4-7,13-14,16,18-19H,1-3,8-10,15H2/t13-,14-/m1/s1. The predicted molar refractivity (Wildman–Crippen MR) is 79.8 cm³/mol. The number of nitrogens with one attached hydrogen (secondary N) is 1. The average molecular weight is 297 g/mol. The maximum absolute atomic E-state index is 10.6. The number of aliphatic hydroxyl groups excluding tert-OH is 2. The van der Waals surface area contributed by atoms with Crippen molar-refractivity contribution in [1.82, 2.24) is 5.32 Å². The number of nitrogens with two attached hydrogens (primary N) is 1. The van der Waals surface area contributed by atoms with Gasteiger partial charge >= 0.3 is 0 Å². The van der Waals surface area contributed by atoms with Gasteiger partial charge in [-0.3, -0.25) is 10.1 Å². The Balaban J connectivity index is 2.53. The first-order valence-electron chi connectivity index (χ1n) is 7.07. The van der Waals surface area contributed by atoms with Crippen LogP contribution in [0.5, 0.6) is 0 Å². The molecule has 0 heterocycles. The zero-order chi connectivity index (χ0) is 15.7. The van der Waals surface area contributed by atoms with Crippen molar-refractivity contribution in [2.45, 2.75) is 31.4 Å². The maximum atomic E-state index is 10.6. The minimum Gasteiger partial charge on any atom is -0.395 e. The van der Waals surface area contributed by atoms with E-state index in [-0.39, 0.29) is 12.3 Å². The summed E-state index contributed by atoms with van der Waals surface area (Å²) < 4.78 is 0. The summed E-state index contributed by atoms with van der Waals surface area (Å²) in [7, 11) is 0. The van der Waals surface area contributed by atoms with E-state index >= 15 is 0 Å². The third-order valence-electron chi connectivity index (χ3n) is 3.31. The van der Waals surface area contributed by atoms with Crippen molar-refractivity contribution in [3.63, 3.8) is 0 Å². The molecule has 0 unspecified atom stereocenters. The third-order valence-corrected chi connectivity index (χ3v) is 3.31. The van der Waals surface area contributed by atoms with Crippen LogP contribution in [0.2, 0.25) is 0 Å². The molecule has 0 saturated carbocycles. The van der Waals surface area contributed by atoms with Crippen LogP contribution in [0.15, 0.2) is 24.3 Å². The molecule has 0 aliphatic carbocycles. The first-order valence-corrected chi connectivity index (χ1v) is 7.07. The summed E-state index contributed by atoms with van der Waals surface area (Å²) in [6, 6.07) is 5.19. The second-order valence-electron chi connectivity index (χ2n) is 4.89.